The molecule has 1 aromatic carbocycles. The molecule has 5 rings (SSSR count). The summed E-state index contributed by atoms with van der Waals surface area (Å²) in [4.78, 5) is 27.0. The van der Waals surface area contributed by atoms with E-state index in [4.69, 9.17) is 19.2 Å². The number of amides is 1. The van der Waals surface area contributed by atoms with Crippen LogP contribution in [0.3, 0.4) is 0 Å². The number of rotatable bonds is 10. The standard InChI is InChI=1S/C30H37N5O4S/c1-19(24-10-11-25(40-24)22-9-7-6-8-21(22)17-35(4)5)31-28-27(29-38-14-15-39-29)23(32-20(2)33-28)16-26(36)34-30(3)12-13-37-18-30/h6-11,14-15,19,29H,12-13,16-18H2,1-5H3,(H,34,36)(H,31,32,33)/t19-,30?/m1/s1. The Morgan fingerprint density at radius 1 is 1.18 bits per heavy atom. The van der Waals surface area contributed by atoms with E-state index in [2.05, 4.69) is 77.9 Å². The van der Waals surface area contributed by atoms with Gasteiger partial charge >= 0.3 is 0 Å². The number of benzene rings is 1. The predicted molar refractivity (Wildman–Crippen MR) is 156 cm³/mol. The topological polar surface area (TPSA) is 97.8 Å². The van der Waals surface area contributed by atoms with Gasteiger partial charge in [-0.25, -0.2) is 9.97 Å². The molecule has 0 spiro atoms. The maximum absolute atomic E-state index is 13.1. The molecule has 0 bridgehead atoms. The number of nitrogens with zero attached hydrogens (tertiary/aromatic N) is 3. The van der Waals surface area contributed by atoms with E-state index in [0.717, 1.165) is 17.8 Å². The fourth-order valence-electron chi connectivity index (χ4n) is 5.05. The van der Waals surface area contributed by atoms with Crippen LogP contribution in [0.15, 0.2) is 48.9 Å². The zero-order valence-electron chi connectivity index (χ0n) is 23.7. The number of hydrogen-bond donors (Lipinski definition) is 2. The predicted octanol–water partition coefficient (Wildman–Crippen LogP) is 5.10. The number of aromatic nitrogens is 2. The molecule has 2 N–H and O–H groups in total. The Balaban J connectivity index is 1.40. The fraction of sp³-hybridized carbons (Fsp3) is 0.433. The Morgan fingerprint density at radius 3 is 2.67 bits per heavy atom. The molecule has 1 unspecified atom stereocenters. The van der Waals surface area contributed by atoms with Gasteiger partial charge < -0.3 is 29.7 Å². The van der Waals surface area contributed by atoms with Gasteiger partial charge in [-0.2, -0.15) is 0 Å². The van der Waals surface area contributed by atoms with E-state index in [9.17, 15) is 4.79 Å². The number of aryl methyl sites for hydroxylation is 1. The molecule has 2 atom stereocenters. The lowest BCUT2D eigenvalue weighted by Gasteiger charge is -2.25. The van der Waals surface area contributed by atoms with E-state index in [1.165, 1.54) is 28.5 Å². The number of ether oxygens (including phenoxy) is 3. The SMILES string of the molecule is Cc1nc(CC(=O)NC2(C)CCOC2)c(C2OC=CO2)c(N[C@H](C)c2ccc(-c3ccccc3CN(C)C)s2)n1. The first-order chi connectivity index (χ1) is 19.2. The Morgan fingerprint density at radius 2 is 1.95 bits per heavy atom. The van der Waals surface area contributed by atoms with Gasteiger partial charge in [0.1, 0.15) is 24.2 Å². The van der Waals surface area contributed by atoms with Crippen LogP contribution < -0.4 is 10.6 Å². The van der Waals surface area contributed by atoms with Crippen molar-refractivity contribution in [1.82, 2.24) is 20.2 Å². The third kappa shape index (κ3) is 6.46. The number of hydrogen-bond acceptors (Lipinski definition) is 9. The van der Waals surface area contributed by atoms with Crippen molar-refractivity contribution >= 4 is 23.1 Å². The van der Waals surface area contributed by atoms with Crippen LogP contribution in [0.2, 0.25) is 0 Å². The summed E-state index contributed by atoms with van der Waals surface area (Å²) in [7, 11) is 4.16. The van der Waals surface area contributed by atoms with Gasteiger partial charge in [0, 0.05) is 22.9 Å². The maximum atomic E-state index is 13.1. The minimum Gasteiger partial charge on any atom is -0.455 e. The summed E-state index contributed by atoms with van der Waals surface area (Å²) in [6.07, 6.45) is 3.11. The van der Waals surface area contributed by atoms with Crippen LogP contribution in [0.1, 0.15) is 60.1 Å². The molecule has 212 valence electrons. The first kappa shape index (κ1) is 28.1. The van der Waals surface area contributed by atoms with Gasteiger partial charge in [0.15, 0.2) is 0 Å². The summed E-state index contributed by atoms with van der Waals surface area (Å²) in [5.41, 5.74) is 3.35. The van der Waals surface area contributed by atoms with Crippen molar-refractivity contribution in [3.63, 3.8) is 0 Å². The minimum atomic E-state index is -0.736. The second-order valence-corrected chi connectivity index (χ2v) is 12.0. The lowest BCUT2D eigenvalue weighted by atomic mass is 10.0. The molecule has 10 heteroatoms. The van der Waals surface area contributed by atoms with Crippen LogP contribution in [-0.4, -0.2) is 53.6 Å². The Bertz CT molecular complexity index is 1370. The summed E-state index contributed by atoms with van der Waals surface area (Å²) in [6, 6.07) is 12.8. The number of carbonyl (C=O) groups excluding carboxylic acids is 1. The molecule has 1 saturated heterocycles. The van der Waals surface area contributed by atoms with Crippen molar-refractivity contribution in [2.45, 2.75) is 58.0 Å². The fourth-order valence-corrected chi connectivity index (χ4v) is 6.12. The smallest absolute Gasteiger partial charge is 0.271 e. The molecule has 0 saturated carbocycles. The molecular weight excluding hydrogens is 526 g/mol. The van der Waals surface area contributed by atoms with Gasteiger partial charge in [0.25, 0.3) is 6.29 Å². The van der Waals surface area contributed by atoms with Crippen molar-refractivity contribution in [3.05, 3.63) is 76.4 Å². The van der Waals surface area contributed by atoms with E-state index in [1.54, 1.807) is 11.3 Å². The van der Waals surface area contributed by atoms with Crippen LogP contribution in [-0.2, 0) is 32.0 Å². The van der Waals surface area contributed by atoms with Crippen molar-refractivity contribution in [1.29, 1.82) is 0 Å². The Labute approximate surface area is 239 Å². The van der Waals surface area contributed by atoms with Crippen LogP contribution in [0.4, 0.5) is 5.82 Å². The average molecular weight is 564 g/mol. The number of nitrogens with one attached hydrogen (secondary N) is 2. The van der Waals surface area contributed by atoms with E-state index in [-0.39, 0.29) is 23.9 Å². The lowest BCUT2D eigenvalue weighted by molar-refractivity contribution is -0.122. The van der Waals surface area contributed by atoms with E-state index >= 15 is 0 Å². The highest BCUT2D eigenvalue weighted by Crippen LogP contribution is 2.37. The summed E-state index contributed by atoms with van der Waals surface area (Å²) >= 11 is 1.75. The Hall–Kier alpha value is -3.47. The van der Waals surface area contributed by atoms with Crippen molar-refractivity contribution in [3.8, 4) is 10.4 Å². The maximum Gasteiger partial charge on any atom is 0.271 e. The van der Waals surface area contributed by atoms with Crippen LogP contribution >= 0.6 is 11.3 Å². The summed E-state index contributed by atoms with van der Waals surface area (Å²) in [6.45, 7) is 7.94. The second kappa shape index (κ2) is 12.0. The molecular formula is C30H37N5O4S. The molecule has 2 aromatic heterocycles. The highest BCUT2D eigenvalue weighted by molar-refractivity contribution is 7.15. The molecule has 1 fully saturated rings. The molecule has 0 radical (unpaired) electrons. The molecule has 40 heavy (non-hydrogen) atoms. The number of thiophene rings is 1. The van der Waals surface area contributed by atoms with Gasteiger partial charge in [-0.05, 0) is 64.5 Å². The second-order valence-electron chi connectivity index (χ2n) is 10.9. The third-order valence-corrected chi connectivity index (χ3v) is 8.30. The van der Waals surface area contributed by atoms with E-state index < -0.39 is 6.29 Å². The highest BCUT2D eigenvalue weighted by Gasteiger charge is 2.33. The molecule has 3 aromatic rings. The molecule has 2 aliphatic rings. The van der Waals surface area contributed by atoms with E-state index in [1.807, 2.05) is 13.8 Å². The van der Waals surface area contributed by atoms with Crippen LogP contribution in [0.25, 0.3) is 10.4 Å². The van der Waals surface area contributed by atoms with Crippen molar-refractivity contribution in [2.24, 2.45) is 0 Å². The van der Waals surface area contributed by atoms with Gasteiger partial charge in [-0.1, -0.05) is 24.3 Å². The normalized spacial score (nSPS) is 19.4. The van der Waals surface area contributed by atoms with Gasteiger partial charge in [-0.3, -0.25) is 4.79 Å². The quantitative estimate of drug-likeness (QED) is 0.352. The highest BCUT2D eigenvalue weighted by atomic mass is 32.1. The van der Waals surface area contributed by atoms with Crippen LogP contribution in [0, 0.1) is 6.92 Å². The minimum absolute atomic E-state index is 0.0570. The summed E-state index contributed by atoms with van der Waals surface area (Å²) < 4.78 is 16.9. The first-order valence-corrected chi connectivity index (χ1v) is 14.3. The largest absolute Gasteiger partial charge is 0.455 e. The average Bonchev–Trinajstić information content (AvgIpc) is 3.66. The zero-order valence-corrected chi connectivity index (χ0v) is 24.5. The van der Waals surface area contributed by atoms with Crippen molar-refractivity contribution < 1.29 is 19.0 Å². The zero-order chi connectivity index (χ0) is 28.3. The third-order valence-electron chi connectivity index (χ3n) is 7.00. The van der Waals surface area contributed by atoms with Gasteiger partial charge in [0.2, 0.25) is 5.91 Å². The molecule has 2 aliphatic heterocycles. The summed E-state index contributed by atoms with van der Waals surface area (Å²) in [5.74, 6) is 1.03. The van der Waals surface area contributed by atoms with E-state index in [0.29, 0.717) is 36.1 Å². The monoisotopic (exact) mass is 563 g/mol. The van der Waals surface area contributed by atoms with Gasteiger partial charge in [0.05, 0.1) is 35.9 Å². The molecule has 9 nitrogen and oxygen atoms in total. The molecule has 1 amide bonds. The van der Waals surface area contributed by atoms with Crippen LogP contribution in [0.5, 0.6) is 0 Å². The number of carbonyl (C=O) groups is 1. The van der Waals surface area contributed by atoms with Crippen molar-refractivity contribution in [2.75, 3.05) is 32.6 Å². The lowest BCUT2D eigenvalue weighted by Crippen LogP contribution is -2.47. The Kier molecular flexibility index (Phi) is 8.39. The first-order valence-electron chi connectivity index (χ1n) is 13.5. The molecule has 4 heterocycles. The molecule has 0 aliphatic carbocycles. The number of anilines is 1. The van der Waals surface area contributed by atoms with Gasteiger partial charge in [-0.15, -0.1) is 11.3 Å². The summed E-state index contributed by atoms with van der Waals surface area (Å²) in [5, 5.41) is 6.68.